The first kappa shape index (κ1) is 15.3. The molecule has 112 valence electrons. The molecule has 0 fully saturated rings. The van der Waals surface area contributed by atoms with Crippen LogP contribution in [0.5, 0.6) is 0 Å². The smallest absolute Gasteiger partial charge is 0.277 e. The van der Waals surface area contributed by atoms with E-state index in [9.17, 15) is 9.59 Å². The minimum absolute atomic E-state index is 0.190. The maximum absolute atomic E-state index is 12.1. The molecule has 0 aliphatic rings. The van der Waals surface area contributed by atoms with E-state index in [1.54, 1.807) is 0 Å². The van der Waals surface area contributed by atoms with E-state index in [0.29, 0.717) is 11.7 Å². The van der Waals surface area contributed by atoms with Crippen molar-refractivity contribution in [2.24, 2.45) is 0 Å². The van der Waals surface area contributed by atoms with E-state index in [4.69, 9.17) is 0 Å². The van der Waals surface area contributed by atoms with Gasteiger partial charge in [-0.25, -0.2) is 4.68 Å². The maximum Gasteiger partial charge on any atom is 0.277 e. The summed E-state index contributed by atoms with van der Waals surface area (Å²) < 4.78 is 1.29. The molecule has 2 rings (SSSR count). The maximum atomic E-state index is 12.1. The lowest BCUT2D eigenvalue weighted by Crippen LogP contribution is -2.26. The predicted molar refractivity (Wildman–Crippen MR) is 80.6 cm³/mol. The van der Waals surface area contributed by atoms with Gasteiger partial charge in [0, 0.05) is 19.0 Å². The Hall–Kier alpha value is -2.09. The van der Waals surface area contributed by atoms with Crippen LogP contribution >= 0.6 is 11.3 Å². The fourth-order valence-corrected chi connectivity index (χ4v) is 2.56. The molecule has 0 aliphatic carbocycles. The molecule has 0 bridgehead atoms. The Labute approximate surface area is 126 Å². The number of hydrogen-bond acceptors (Lipinski definition) is 6. The number of nitrogens with zero attached hydrogens (tertiary/aromatic N) is 4. The van der Waals surface area contributed by atoms with Crippen molar-refractivity contribution < 1.29 is 4.79 Å². The van der Waals surface area contributed by atoms with Crippen molar-refractivity contribution in [1.82, 2.24) is 20.0 Å². The molecule has 0 saturated heterocycles. The van der Waals surface area contributed by atoms with Gasteiger partial charge in [0.25, 0.3) is 11.5 Å². The lowest BCUT2D eigenvalue weighted by molar-refractivity contribution is 0.101. The summed E-state index contributed by atoms with van der Waals surface area (Å²) in [6, 6.07) is 2.76. The third-order valence-corrected chi connectivity index (χ3v) is 3.58. The van der Waals surface area contributed by atoms with Crippen LogP contribution in [0.1, 0.15) is 42.2 Å². The number of amides is 1. The Bertz CT molecular complexity index is 679. The minimum Gasteiger partial charge on any atom is -0.295 e. The van der Waals surface area contributed by atoms with Crippen LogP contribution in [0.25, 0.3) is 0 Å². The molecule has 1 N–H and O–H groups in total. The van der Waals surface area contributed by atoms with E-state index < -0.39 is 0 Å². The van der Waals surface area contributed by atoms with E-state index in [0.717, 1.165) is 24.3 Å². The molecule has 21 heavy (non-hydrogen) atoms. The van der Waals surface area contributed by atoms with Gasteiger partial charge in [-0.1, -0.05) is 25.2 Å². The molecule has 0 radical (unpaired) electrons. The average Bonchev–Trinajstić information content (AvgIpc) is 2.89. The van der Waals surface area contributed by atoms with Crippen molar-refractivity contribution >= 4 is 22.4 Å². The molecule has 0 saturated carbocycles. The average molecular weight is 307 g/mol. The highest BCUT2D eigenvalue weighted by molar-refractivity contribution is 7.15. The van der Waals surface area contributed by atoms with Crippen LogP contribution in [0.2, 0.25) is 0 Å². The topological polar surface area (TPSA) is 89.8 Å². The third-order valence-electron chi connectivity index (χ3n) is 2.69. The van der Waals surface area contributed by atoms with Crippen molar-refractivity contribution in [2.75, 3.05) is 5.32 Å². The Morgan fingerprint density at radius 3 is 2.81 bits per heavy atom. The van der Waals surface area contributed by atoms with Gasteiger partial charge < -0.3 is 0 Å². The first-order valence-electron chi connectivity index (χ1n) is 6.86. The van der Waals surface area contributed by atoms with Crippen LogP contribution in [0.15, 0.2) is 16.9 Å². The second kappa shape index (κ2) is 7.07. The summed E-state index contributed by atoms with van der Waals surface area (Å²) in [5.74, 6) is -0.390. The molecule has 7 nitrogen and oxygen atoms in total. The second-order valence-electron chi connectivity index (χ2n) is 4.49. The molecule has 2 aromatic rings. The van der Waals surface area contributed by atoms with Gasteiger partial charge in [0.05, 0.1) is 0 Å². The van der Waals surface area contributed by atoms with Crippen LogP contribution in [0.4, 0.5) is 5.13 Å². The zero-order valence-corrected chi connectivity index (χ0v) is 12.8. The van der Waals surface area contributed by atoms with E-state index in [1.165, 1.54) is 28.2 Å². The second-order valence-corrected chi connectivity index (χ2v) is 5.55. The zero-order chi connectivity index (χ0) is 15.2. The van der Waals surface area contributed by atoms with Crippen LogP contribution in [-0.2, 0) is 13.0 Å². The number of aromatic nitrogens is 4. The van der Waals surface area contributed by atoms with Gasteiger partial charge in [-0.3, -0.25) is 14.9 Å². The summed E-state index contributed by atoms with van der Waals surface area (Å²) in [7, 11) is 0. The van der Waals surface area contributed by atoms with Crippen molar-refractivity contribution in [3.8, 4) is 0 Å². The van der Waals surface area contributed by atoms with Crippen LogP contribution in [0.3, 0.4) is 0 Å². The monoisotopic (exact) mass is 307 g/mol. The van der Waals surface area contributed by atoms with E-state index in [-0.39, 0.29) is 17.2 Å². The molecule has 0 unspecified atom stereocenters. The lowest BCUT2D eigenvalue weighted by Gasteiger charge is -2.04. The summed E-state index contributed by atoms with van der Waals surface area (Å²) in [6.45, 7) is 4.48. The van der Waals surface area contributed by atoms with Crippen molar-refractivity contribution in [3.63, 3.8) is 0 Å². The lowest BCUT2D eigenvalue weighted by atomic mass is 10.3. The predicted octanol–water partition coefficient (Wildman–Crippen LogP) is 1.71. The van der Waals surface area contributed by atoms with Crippen LogP contribution < -0.4 is 10.9 Å². The number of anilines is 1. The summed E-state index contributed by atoms with van der Waals surface area (Å²) >= 11 is 1.35. The van der Waals surface area contributed by atoms with Gasteiger partial charge >= 0.3 is 0 Å². The first-order valence-corrected chi connectivity index (χ1v) is 7.67. The van der Waals surface area contributed by atoms with E-state index in [2.05, 4.69) is 27.5 Å². The highest BCUT2D eigenvalue weighted by Gasteiger charge is 2.12. The Balaban J connectivity index is 2.12. The molecule has 8 heteroatoms. The zero-order valence-electron chi connectivity index (χ0n) is 12.0. The summed E-state index contributed by atoms with van der Waals surface area (Å²) in [5, 5.41) is 15.9. The van der Waals surface area contributed by atoms with Gasteiger partial charge in [-0.2, -0.15) is 5.10 Å². The highest BCUT2D eigenvalue weighted by atomic mass is 32.1. The summed E-state index contributed by atoms with van der Waals surface area (Å²) in [5.41, 5.74) is -0.0233. The number of hydrogen-bond donors (Lipinski definition) is 1. The van der Waals surface area contributed by atoms with Crippen molar-refractivity contribution in [1.29, 1.82) is 0 Å². The summed E-state index contributed by atoms with van der Waals surface area (Å²) in [4.78, 5) is 23.7. The Morgan fingerprint density at radius 1 is 1.29 bits per heavy atom. The standard InChI is InChI=1S/C13H17N5O2S/c1-3-5-10-15-16-13(21-10)14-12(20)9-6-7-11(19)18(17-9)8-4-2/h6-7H,3-5,8H2,1-2H3,(H,14,16,20). The third kappa shape index (κ3) is 3.94. The fraction of sp³-hybridized carbons (Fsp3) is 0.462. The van der Waals surface area contributed by atoms with E-state index in [1.807, 2.05) is 6.92 Å². The quantitative estimate of drug-likeness (QED) is 0.877. The number of nitrogens with one attached hydrogen (secondary N) is 1. The number of aryl methyl sites for hydroxylation is 2. The first-order chi connectivity index (χ1) is 10.1. The van der Waals surface area contributed by atoms with Gasteiger partial charge in [0.2, 0.25) is 5.13 Å². The molecule has 2 heterocycles. The highest BCUT2D eigenvalue weighted by Crippen LogP contribution is 2.16. The number of carbonyl (C=O) groups is 1. The molecule has 0 atom stereocenters. The minimum atomic E-state index is -0.390. The molecule has 0 spiro atoms. The molecular weight excluding hydrogens is 290 g/mol. The van der Waals surface area contributed by atoms with Gasteiger partial charge in [0.1, 0.15) is 10.7 Å². The largest absolute Gasteiger partial charge is 0.295 e. The number of carbonyl (C=O) groups excluding carboxylic acids is 1. The molecule has 0 aliphatic heterocycles. The Kier molecular flexibility index (Phi) is 5.15. The van der Waals surface area contributed by atoms with Gasteiger partial charge in [-0.15, -0.1) is 10.2 Å². The van der Waals surface area contributed by atoms with Crippen LogP contribution in [-0.4, -0.2) is 25.9 Å². The van der Waals surface area contributed by atoms with Gasteiger partial charge in [0.15, 0.2) is 0 Å². The van der Waals surface area contributed by atoms with Crippen molar-refractivity contribution in [3.05, 3.63) is 33.2 Å². The van der Waals surface area contributed by atoms with Crippen molar-refractivity contribution in [2.45, 2.75) is 39.7 Å². The molecular formula is C13H17N5O2S. The molecule has 2 aromatic heterocycles. The fourth-order valence-electron chi connectivity index (χ4n) is 1.72. The van der Waals surface area contributed by atoms with E-state index >= 15 is 0 Å². The molecule has 0 aromatic carbocycles. The molecule has 1 amide bonds. The SMILES string of the molecule is CCCc1nnc(NC(=O)c2ccc(=O)n(CCC)n2)s1. The summed E-state index contributed by atoms with van der Waals surface area (Å²) in [6.07, 6.45) is 2.59. The van der Waals surface area contributed by atoms with Crippen LogP contribution in [0, 0.1) is 0 Å². The number of rotatable bonds is 6. The Morgan fingerprint density at radius 2 is 2.10 bits per heavy atom. The normalized spacial score (nSPS) is 10.6. The van der Waals surface area contributed by atoms with Gasteiger partial charge in [-0.05, 0) is 18.9 Å².